The summed E-state index contributed by atoms with van der Waals surface area (Å²) in [5, 5.41) is 2.46. The lowest BCUT2D eigenvalue weighted by Gasteiger charge is -2.13. The Morgan fingerprint density at radius 2 is 2.14 bits per heavy atom. The van der Waals surface area contributed by atoms with Gasteiger partial charge in [0.15, 0.2) is 0 Å². The molecule has 0 aromatic heterocycles. The van der Waals surface area contributed by atoms with Gasteiger partial charge in [0.1, 0.15) is 19.8 Å². The van der Waals surface area contributed by atoms with Gasteiger partial charge in [-0.25, -0.2) is 9.59 Å². The number of nitrogens with zero attached hydrogens (tertiary/aromatic N) is 1. The summed E-state index contributed by atoms with van der Waals surface area (Å²) in [6.45, 7) is 5.25. The van der Waals surface area contributed by atoms with Crippen LogP contribution in [-0.4, -0.2) is 62.5 Å². The minimum absolute atomic E-state index is 0.0909. The smallest absolute Gasteiger partial charge is 0.410 e. The van der Waals surface area contributed by atoms with Gasteiger partial charge in [0.05, 0.1) is 25.6 Å². The van der Waals surface area contributed by atoms with Crippen molar-refractivity contribution in [1.29, 1.82) is 0 Å². The molecule has 1 rings (SSSR count). The first-order chi connectivity index (χ1) is 10.0. The van der Waals surface area contributed by atoms with Crippen molar-refractivity contribution in [3.05, 3.63) is 0 Å². The summed E-state index contributed by atoms with van der Waals surface area (Å²) in [5.41, 5.74) is 0. The molecule has 21 heavy (non-hydrogen) atoms. The summed E-state index contributed by atoms with van der Waals surface area (Å²) in [5.74, 6) is -0.419. The Bertz CT molecular complexity index is 374. The van der Waals surface area contributed by atoms with Crippen LogP contribution in [0.25, 0.3) is 0 Å². The fourth-order valence-corrected chi connectivity index (χ4v) is 1.54. The van der Waals surface area contributed by atoms with Crippen LogP contribution in [0.4, 0.5) is 9.59 Å². The number of hydrogen-bond donors (Lipinski definition) is 1. The van der Waals surface area contributed by atoms with Crippen LogP contribution in [0.3, 0.4) is 0 Å². The average molecular weight is 302 g/mol. The van der Waals surface area contributed by atoms with Crippen LogP contribution >= 0.6 is 0 Å². The molecule has 2 amide bonds. The van der Waals surface area contributed by atoms with Gasteiger partial charge in [-0.3, -0.25) is 4.79 Å². The molecule has 8 heteroatoms. The van der Waals surface area contributed by atoms with E-state index in [0.717, 1.165) is 0 Å². The largest absolute Gasteiger partial charge is 0.464 e. The van der Waals surface area contributed by atoms with Gasteiger partial charge < -0.3 is 24.4 Å². The lowest BCUT2D eigenvalue weighted by molar-refractivity contribution is -0.147. The molecule has 0 saturated carbocycles. The van der Waals surface area contributed by atoms with E-state index in [-0.39, 0.29) is 31.6 Å². The number of hydrogen-bond acceptors (Lipinski definition) is 6. The van der Waals surface area contributed by atoms with Gasteiger partial charge in [-0.2, -0.15) is 0 Å². The first-order valence-electron chi connectivity index (χ1n) is 7.03. The Morgan fingerprint density at radius 1 is 1.38 bits per heavy atom. The Kier molecular flexibility index (Phi) is 7.34. The molecule has 0 aliphatic carbocycles. The lowest BCUT2D eigenvalue weighted by atomic mass is 10.1. The molecule has 1 aliphatic heterocycles. The number of rotatable bonds is 8. The number of carbonyl (C=O) groups is 3. The molecule has 0 radical (unpaired) electrons. The van der Waals surface area contributed by atoms with E-state index in [1.165, 1.54) is 4.90 Å². The molecule has 0 bridgehead atoms. The lowest BCUT2D eigenvalue weighted by Crippen LogP contribution is -2.33. The van der Waals surface area contributed by atoms with Crippen molar-refractivity contribution in [3.63, 3.8) is 0 Å². The number of ether oxygens (including phenoxy) is 3. The Morgan fingerprint density at radius 3 is 2.76 bits per heavy atom. The Balaban J connectivity index is 2.01. The van der Waals surface area contributed by atoms with Crippen molar-refractivity contribution in [1.82, 2.24) is 10.2 Å². The van der Waals surface area contributed by atoms with Crippen molar-refractivity contribution in [2.24, 2.45) is 5.92 Å². The standard InChI is InChI=1S/C13H22N2O6/c1-3-10(2)11(16)19-7-4-14-12(17)20-8-5-15-6-9-21-13(15)18/h10H,3-9H2,1-2H3,(H,14,17). The highest BCUT2D eigenvalue weighted by molar-refractivity contribution is 5.72. The van der Waals surface area contributed by atoms with Crippen LogP contribution in [0.5, 0.6) is 0 Å². The molecule has 1 unspecified atom stereocenters. The molecule has 1 N–H and O–H groups in total. The predicted octanol–water partition coefficient (Wildman–Crippen LogP) is 0.754. The van der Waals surface area contributed by atoms with Crippen LogP contribution in [0.15, 0.2) is 0 Å². The second-order valence-corrected chi connectivity index (χ2v) is 4.64. The van der Waals surface area contributed by atoms with Crippen molar-refractivity contribution < 1.29 is 28.6 Å². The van der Waals surface area contributed by atoms with Crippen LogP contribution in [0, 0.1) is 5.92 Å². The van der Waals surface area contributed by atoms with Crippen LogP contribution < -0.4 is 5.32 Å². The number of nitrogens with one attached hydrogen (secondary N) is 1. The van der Waals surface area contributed by atoms with E-state index in [4.69, 9.17) is 14.2 Å². The number of esters is 1. The quantitative estimate of drug-likeness (QED) is 0.404. The van der Waals surface area contributed by atoms with Crippen LogP contribution in [0.1, 0.15) is 20.3 Å². The van der Waals surface area contributed by atoms with Crippen LogP contribution in [-0.2, 0) is 19.0 Å². The third-order valence-corrected chi connectivity index (χ3v) is 3.07. The van der Waals surface area contributed by atoms with E-state index < -0.39 is 12.2 Å². The second kappa shape index (κ2) is 9.04. The SMILES string of the molecule is CCC(C)C(=O)OCCNC(=O)OCCN1CCOC1=O. The zero-order valence-electron chi connectivity index (χ0n) is 12.4. The van der Waals surface area contributed by atoms with Crippen molar-refractivity contribution >= 4 is 18.2 Å². The summed E-state index contributed by atoms with van der Waals surface area (Å²) >= 11 is 0. The third-order valence-electron chi connectivity index (χ3n) is 3.07. The zero-order valence-corrected chi connectivity index (χ0v) is 12.4. The van der Waals surface area contributed by atoms with Gasteiger partial charge in [0, 0.05) is 0 Å². The van der Waals surface area contributed by atoms with Gasteiger partial charge in [-0.15, -0.1) is 0 Å². The van der Waals surface area contributed by atoms with Crippen molar-refractivity contribution in [2.75, 3.05) is 39.5 Å². The molecular weight excluding hydrogens is 280 g/mol. The minimum atomic E-state index is -0.609. The molecule has 0 aromatic carbocycles. The van der Waals surface area contributed by atoms with E-state index in [9.17, 15) is 14.4 Å². The van der Waals surface area contributed by atoms with Gasteiger partial charge in [0.2, 0.25) is 0 Å². The molecule has 1 atom stereocenters. The predicted molar refractivity (Wildman–Crippen MR) is 72.7 cm³/mol. The van der Waals surface area contributed by atoms with Crippen molar-refractivity contribution in [2.45, 2.75) is 20.3 Å². The monoisotopic (exact) mass is 302 g/mol. The van der Waals surface area contributed by atoms with E-state index in [0.29, 0.717) is 26.1 Å². The van der Waals surface area contributed by atoms with E-state index in [1.54, 1.807) is 6.92 Å². The average Bonchev–Trinajstić information content (AvgIpc) is 2.88. The topological polar surface area (TPSA) is 94.2 Å². The number of alkyl carbamates (subject to hydrolysis) is 1. The molecule has 1 fully saturated rings. The third kappa shape index (κ3) is 6.33. The molecule has 8 nitrogen and oxygen atoms in total. The summed E-state index contributed by atoms with van der Waals surface area (Å²) in [4.78, 5) is 35.2. The van der Waals surface area contributed by atoms with E-state index >= 15 is 0 Å². The second-order valence-electron chi connectivity index (χ2n) is 4.64. The summed E-state index contributed by atoms with van der Waals surface area (Å²) < 4.78 is 14.6. The summed E-state index contributed by atoms with van der Waals surface area (Å²) in [7, 11) is 0. The van der Waals surface area contributed by atoms with Gasteiger partial charge >= 0.3 is 18.2 Å². The van der Waals surface area contributed by atoms with Crippen molar-refractivity contribution in [3.8, 4) is 0 Å². The van der Waals surface area contributed by atoms with E-state index in [2.05, 4.69) is 5.32 Å². The first-order valence-corrected chi connectivity index (χ1v) is 7.03. The van der Waals surface area contributed by atoms with E-state index in [1.807, 2.05) is 6.92 Å². The molecule has 0 spiro atoms. The summed E-state index contributed by atoms with van der Waals surface area (Å²) in [6, 6.07) is 0. The first kappa shape index (κ1) is 17.1. The molecule has 1 heterocycles. The molecule has 1 aliphatic rings. The number of amides is 2. The Labute approximate surface area is 123 Å². The molecule has 0 aromatic rings. The number of carbonyl (C=O) groups excluding carboxylic acids is 3. The van der Waals surface area contributed by atoms with Crippen LogP contribution in [0.2, 0.25) is 0 Å². The highest BCUT2D eigenvalue weighted by Gasteiger charge is 2.21. The minimum Gasteiger partial charge on any atom is -0.464 e. The normalized spacial score (nSPS) is 15.3. The highest BCUT2D eigenvalue weighted by atomic mass is 16.6. The number of cyclic esters (lactones) is 1. The maximum Gasteiger partial charge on any atom is 0.410 e. The maximum atomic E-state index is 11.4. The zero-order chi connectivity index (χ0) is 15.7. The van der Waals surface area contributed by atoms with Gasteiger partial charge in [0.25, 0.3) is 0 Å². The fourth-order valence-electron chi connectivity index (χ4n) is 1.54. The Hall–Kier alpha value is -1.99. The fraction of sp³-hybridized carbons (Fsp3) is 0.769. The molecule has 1 saturated heterocycles. The van der Waals surface area contributed by atoms with Gasteiger partial charge in [-0.05, 0) is 6.42 Å². The molecule has 120 valence electrons. The highest BCUT2D eigenvalue weighted by Crippen LogP contribution is 2.03. The van der Waals surface area contributed by atoms with Gasteiger partial charge in [-0.1, -0.05) is 13.8 Å². The summed E-state index contributed by atoms with van der Waals surface area (Å²) in [6.07, 6.45) is -0.286. The maximum absolute atomic E-state index is 11.4. The molecular formula is C13H22N2O6.